The quantitative estimate of drug-likeness (QED) is 0.746. The molecule has 0 unspecified atom stereocenters. The molecule has 1 amide bonds. The second-order valence-electron chi connectivity index (χ2n) is 6.70. The first-order valence-corrected chi connectivity index (χ1v) is 9.79. The first-order valence-electron chi connectivity index (χ1n) is 8.80. The number of aromatic nitrogens is 2. The number of thioether (sulfide) groups is 1. The lowest BCUT2D eigenvalue weighted by Crippen LogP contribution is -2.43. The van der Waals surface area contributed by atoms with Gasteiger partial charge in [0.15, 0.2) is 0 Å². The number of H-pyrrole nitrogens is 1. The molecule has 1 saturated carbocycles. The molecular weight excluding hydrogens is 370 g/mol. The molecule has 3 heterocycles. The van der Waals surface area contributed by atoms with E-state index in [1.807, 2.05) is 24.5 Å². The average Bonchev–Trinajstić information content (AvgIpc) is 3.10. The second kappa shape index (κ2) is 8.33. The molecule has 0 radical (unpaired) electrons. The number of hydrogen-bond acceptors (Lipinski definition) is 5. The minimum absolute atomic E-state index is 0. The van der Waals surface area contributed by atoms with Gasteiger partial charge in [0.2, 0.25) is 0 Å². The number of anilines is 1. The zero-order valence-corrected chi connectivity index (χ0v) is 16.1. The lowest BCUT2D eigenvalue weighted by Gasteiger charge is -2.30. The fourth-order valence-electron chi connectivity index (χ4n) is 3.62. The van der Waals surface area contributed by atoms with Gasteiger partial charge >= 0.3 is 0 Å². The molecule has 1 aliphatic heterocycles. The molecule has 4 rings (SSSR count). The van der Waals surface area contributed by atoms with E-state index in [9.17, 15) is 4.79 Å². The van der Waals surface area contributed by atoms with E-state index >= 15 is 0 Å². The zero-order chi connectivity index (χ0) is 17.2. The van der Waals surface area contributed by atoms with Gasteiger partial charge in [-0.3, -0.25) is 4.79 Å². The van der Waals surface area contributed by atoms with E-state index in [0.29, 0.717) is 0 Å². The van der Waals surface area contributed by atoms with Crippen molar-refractivity contribution in [2.75, 3.05) is 17.2 Å². The summed E-state index contributed by atoms with van der Waals surface area (Å²) in [7, 11) is 0. The highest BCUT2D eigenvalue weighted by molar-refractivity contribution is 8.04. The number of hydrogen-bond donors (Lipinski definition) is 3. The summed E-state index contributed by atoms with van der Waals surface area (Å²) in [5.74, 6) is 0.908. The standard InChI is InChI=1S/C18H23N5OS.ClH/c19-12-2-1-3-13(10-12)22-18(24)16-11-23(8-9-25-16)15-5-7-21-17-14(15)4-6-20-17;/h4-7,11-13H,1-3,8-10,19H2,(H,20,21)(H,22,24);1H/t12-,13+;/m0./s1. The number of halogens is 1. The SMILES string of the molecule is Cl.N[C@H]1CCC[C@@H](NC(=O)C2=CN(c3ccnc4[nH]ccc34)CCS2)C1. The van der Waals surface area contributed by atoms with Crippen LogP contribution in [0.3, 0.4) is 0 Å². The number of nitrogens with two attached hydrogens (primary N) is 1. The molecule has 4 N–H and O–H groups in total. The summed E-state index contributed by atoms with van der Waals surface area (Å²) in [5.41, 5.74) is 7.98. The molecule has 8 heteroatoms. The molecule has 1 aliphatic carbocycles. The molecule has 0 aromatic carbocycles. The summed E-state index contributed by atoms with van der Waals surface area (Å²) in [6.45, 7) is 0.875. The summed E-state index contributed by atoms with van der Waals surface area (Å²) < 4.78 is 0. The van der Waals surface area contributed by atoms with E-state index in [4.69, 9.17) is 5.73 Å². The van der Waals surface area contributed by atoms with Crippen molar-refractivity contribution in [2.24, 2.45) is 5.73 Å². The van der Waals surface area contributed by atoms with Gasteiger partial charge in [-0.1, -0.05) is 0 Å². The Morgan fingerprint density at radius 2 is 2.27 bits per heavy atom. The zero-order valence-electron chi connectivity index (χ0n) is 14.5. The Bertz CT molecular complexity index is 808. The van der Waals surface area contributed by atoms with Crippen LogP contribution in [0.25, 0.3) is 11.0 Å². The molecule has 140 valence electrons. The van der Waals surface area contributed by atoms with Crippen LogP contribution in [-0.2, 0) is 4.79 Å². The Kier molecular flexibility index (Phi) is 6.11. The predicted molar refractivity (Wildman–Crippen MR) is 110 cm³/mol. The molecule has 1 fully saturated rings. The number of fused-ring (bicyclic) bond motifs is 1. The van der Waals surface area contributed by atoms with Crippen LogP contribution in [0.2, 0.25) is 0 Å². The number of rotatable bonds is 3. The molecule has 0 bridgehead atoms. The fraction of sp³-hybridized carbons (Fsp3) is 0.444. The van der Waals surface area contributed by atoms with Crippen molar-refractivity contribution in [3.63, 3.8) is 0 Å². The van der Waals surface area contributed by atoms with Crippen LogP contribution < -0.4 is 16.0 Å². The lowest BCUT2D eigenvalue weighted by atomic mass is 9.91. The molecule has 26 heavy (non-hydrogen) atoms. The number of carbonyl (C=O) groups is 1. The van der Waals surface area contributed by atoms with E-state index in [1.165, 1.54) is 0 Å². The largest absolute Gasteiger partial charge is 0.349 e. The summed E-state index contributed by atoms with van der Waals surface area (Å²) in [4.78, 5) is 23.1. The van der Waals surface area contributed by atoms with Gasteiger partial charge in [0, 0.05) is 48.4 Å². The van der Waals surface area contributed by atoms with Crippen LogP contribution in [0.15, 0.2) is 35.6 Å². The normalized spacial score (nSPS) is 23.3. The first kappa shape index (κ1) is 19.1. The summed E-state index contributed by atoms with van der Waals surface area (Å²) in [6.07, 6.45) is 9.71. The third-order valence-electron chi connectivity index (χ3n) is 4.88. The van der Waals surface area contributed by atoms with Crippen molar-refractivity contribution < 1.29 is 4.79 Å². The molecule has 2 atom stereocenters. The van der Waals surface area contributed by atoms with E-state index < -0.39 is 0 Å². The van der Waals surface area contributed by atoms with Gasteiger partial charge in [0.25, 0.3) is 5.91 Å². The maximum atomic E-state index is 12.7. The molecule has 2 aliphatic rings. The van der Waals surface area contributed by atoms with Crippen LogP contribution in [0, 0.1) is 0 Å². The number of pyridine rings is 1. The van der Waals surface area contributed by atoms with Crippen LogP contribution in [-0.4, -0.2) is 40.3 Å². The smallest absolute Gasteiger partial charge is 0.259 e. The number of amides is 1. The molecule has 2 aromatic heterocycles. The predicted octanol–water partition coefficient (Wildman–Crippen LogP) is 2.77. The topological polar surface area (TPSA) is 87.0 Å². The fourth-order valence-corrected chi connectivity index (χ4v) is 4.52. The highest BCUT2D eigenvalue weighted by atomic mass is 35.5. The van der Waals surface area contributed by atoms with E-state index in [2.05, 4.69) is 20.2 Å². The van der Waals surface area contributed by atoms with Crippen molar-refractivity contribution >= 4 is 46.8 Å². The Morgan fingerprint density at radius 1 is 1.38 bits per heavy atom. The van der Waals surface area contributed by atoms with Gasteiger partial charge in [0.1, 0.15) is 5.65 Å². The summed E-state index contributed by atoms with van der Waals surface area (Å²) in [6, 6.07) is 4.43. The Balaban J connectivity index is 0.00000196. The average molecular weight is 394 g/mol. The first-order chi connectivity index (χ1) is 12.2. The van der Waals surface area contributed by atoms with Crippen molar-refractivity contribution in [3.05, 3.63) is 35.6 Å². The number of nitrogens with one attached hydrogen (secondary N) is 2. The summed E-state index contributed by atoms with van der Waals surface area (Å²) >= 11 is 1.62. The number of nitrogens with zero attached hydrogens (tertiary/aromatic N) is 2. The highest BCUT2D eigenvalue weighted by Crippen LogP contribution is 2.30. The van der Waals surface area contributed by atoms with Crippen LogP contribution >= 0.6 is 24.2 Å². The molecule has 2 aromatic rings. The van der Waals surface area contributed by atoms with Gasteiger partial charge in [0.05, 0.1) is 10.6 Å². The maximum Gasteiger partial charge on any atom is 0.259 e. The molecular formula is C18H24ClN5OS. The van der Waals surface area contributed by atoms with Crippen LogP contribution in [0.1, 0.15) is 25.7 Å². The van der Waals surface area contributed by atoms with Gasteiger partial charge in [-0.05, 0) is 37.8 Å². The van der Waals surface area contributed by atoms with Crippen molar-refractivity contribution in [3.8, 4) is 0 Å². The van der Waals surface area contributed by atoms with Crippen LogP contribution in [0.5, 0.6) is 0 Å². The second-order valence-corrected chi connectivity index (χ2v) is 7.84. The third-order valence-corrected chi connectivity index (χ3v) is 5.87. The van der Waals surface area contributed by atoms with Crippen LogP contribution in [0.4, 0.5) is 5.69 Å². The van der Waals surface area contributed by atoms with Gasteiger partial charge < -0.3 is 20.9 Å². The monoisotopic (exact) mass is 393 g/mol. The Hall–Kier alpha value is -1.70. The van der Waals surface area contributed by atoms with Gasteiger partial charge in [-0.15, -0.1) is 24.2 Å². The van der Waals surface area contributed by atoms with Crippen molar-refractivity contribution in [1.29, 1.82) is 0 Å². The Labute approximate surface area is 163 Å². The minimum Gasteiger partial charge on any atom is -0.349 e. The molecule has 0 spiro atoms. The third kappa shape index (κ3) is 4.00. The van der Waals surface area contributed by atoms with Crippen molar-refractivity contribution in [1.82, 2.24) is 15.3 Å². The van der Waals surface area contributed by atoms with Gasteiger partial charge in [-0.2, -0.15) is 0 Å². The Morgan fingerprint density at radius 3 is 3.12 bits per heavy atom. The lowest BCUT2D eigenvalue weighted by molar-refractivity contribution is -0.117. The van der Waals surface area contributed by atoms with E-state index in [1.54, 1.807) is 18.0 Å². The van der Waals surface area contributed by atoms with E-state index in [-0.39, 0.29) is 30.4 Å². The number of aromatic amines is 1. The maximum absolute atomic E-state index is 12.7. The van der Waals surface area contributed by atoms with E-state index in [0.717, 1.165) is 59.6 Å². The minimum atomic E-state index is 0. The van der Waals surface area contributed by atoms with Crippen molar-refractivity contribution in [2.45, 2.75) is 37.8 Å². The molecule has 6 nitrogen and oxygen atoms in total. The highest BCUT2D eigenvalue weighted by Gasteiger charge is 2.24. The number of carbonyl (C=O) groups excluding carboxylic acids is 1. The molecule has 0 saturated heterocycles. The van der Waals surface area contributed by atoms with Gasteiger partial charge in [-0.25, -0.2) is 4.98 Å². The summed E-state index contributed by atoms with van der Waals surface area (Å²) in [5, 5.41) is 4.24.